The van der Waals surface area contributed by atoms with Crippen LogP contribution in [0.25, 0.3) is 0 Å². The lowest BCUT2D eigenvalue weighted by Gasteiger charge is -2.03. The van der Waals surface area contributed by atoms with Crippen molar-refractivity contribution in [3.8, 4) is 0 Å². The third-order valence-corrected chi connectivity index (χ3v) is 3.47. The lowest BCUT2D eigenvalue weighted by atomic mass is 10.3. The maximum atomic E-state index is 11.1. The fourth-order valence-electron chi connectivity index (χ4n) is 0.848. The van der Waals surface area contributed by atoms with Gasteiger partial charge in [-0.25, -0.2) is 0 Å². The molecule has 0 amide bonds. The predicted molar refractivity (Wildman–Crippen MR) is 62.5 cm³/mol. The molecule has 76 valence electrons. The average Bonchev–Trinajstić information content (AvgIpc) is 2.19. The number of halogens is 2. The van der Waals surface area contributed by atoms with Crippen LogP contribution in [0, 0.1) is 0 Å². The van der Waals surface area contributed by atoms with Crippen LogP contribution in [0.3, 0.4) is 0 Å². The van der Waals surface area contributed by atoms with Gasteiger partial charge in [-0.2, -0.15) is 0 Å². The Morgan fingerprint density at radius 3 is 2.79 bits per heavy atom. The highest BCUT2D eigenvalue weighted by molar-refractivity contribution is 8.00. The first-order valence-electron chi connectivity index (χ1n) is 4.23. The van der Waals surface area contributed by atoms with Gasteiger partial charge < -0.3 is 0 Å². The SMILES string of the molecule is CCC(=O)CSc1cc(Cl)ccc1Cl. The smallest absolute Gasteiger partial charge is 0.142 e. The summed E-state index contributed by atoms with van der Waals surface area (Å²) in [5.41, 5.74) is 0. The summed E-state index contributed by atoms with van der Waals surface area (Å²) in [6.07, 6.45) is 0.561. The van der Waals surface area contributed by atoms with Gasteiger partial charge in [0.1, 0.15) is 5.78 Å². The van der Waals surface area contributed by atoms with E-state index in [2.05, 4.69) is 0 Å². The highest BCUT2D eigenvalue weighted by Crippen LogP contribution is 2.29. The van der Waals surface area contributed by atoms with Crippen molar-refractivity contribution in [1.29, 1.82) is 0 Å². The molecule has 1 aromatic carbocycles. The van der Waals surface area contributed by atoms with Crippen LogP contribution >= 0.6 is 35.0 Å². The molecule has 0 heterocycles. The summed E-state index contributed by atoms with van der Waals surface area (Å²) < 4.78 is 0. The van der Waals surface area contributed by atoms with Gasteiger partial charge >= 0.3 is 0 Å². The molecule has 0 saturated carbocycles. The third kappa shape index (κ3) is 3.52. The Bertz CT molecular complexity index is 339. The lowest BCUT2D eigenvalue weighted by molar-refractivity contribution is -0.116. The van der Waals surface area contributed by atoms with E-state index in [9.17, 15) is 4.79 Å². The fraction of sp³-hybridized carbons (Fsp3) is 0.300. The topological polar surface area (TPSA) is 17.1 Å². The van der Waals surface area contributed by atoms with Gasteiger partial charge in [0.05, 0.1) is 10.8 Å². The molecule has 0 N–H and O–H groups in total. The number of Topliss-reactive ketones (excluding diaryl/α,β-unsaturated/α-hetero) is 1. The molecule has 1 rings (SSSR count). The summed E-state index contributed by atoms with van der Waals surface area (Å²) in [6, 6.07) is 5.25. The summed E-state index contributed by atoms with van der Waals surface area (Å²) in [4.78, 5) is 11.9. The molecule has 0 aliphatic carbocycles. The molecule has 0 bridgehead atoms. The van der Waals surface area contributed by atoms with Crippen LogP contribution in [0.15, 0.2) is 23.1 Å². The molecule has 0 fully saturated rings. The zero-order valence-electron chi connectivity index (χ0n) is 7.72. The summed E-state index contributed by atoms with van der Waals surface area (Å²) >= 11 is 13.2. The molecule has 0 atom stereocenters. The second kappa shape index (κ2) is 5.64. The molecular weight excluding hydrogens is 239 g/mol. The molecule has 14 heavy (non-hydrogen) atoms. The number of rotatable bonds is 4. The van der Waals surface area contributed by atoms with Gasteiger partial charge in [-0.15, -0.1) is 11.8 Å². The van der Waals surface area contributed by atoms with E-state index in [0.29, 0.717) is 22.2 Å². The van der Waals surface area contributed by atoms with Crippen LogP contribution in [-0.4, -0.2) is 11.5 Å². The molecule has 0 aromatic heterocycles. The van der Waals surface area contributed by atoms with Crippen LogP contribution in [0.5, 0.6) is 0 Å². The fourth-order valence-corrected chi connectivity index (χ4v) is 2.30. The Kier molecular flexibility index (Phi) is 4.79. The van der Waals surface area contributed by atoms with Crippen molar-refractivity contribution in [2.75, 3.05) is 5.75 Å². The normalized spacial score (nSPS) is 10.2. The molecule has 0 aliphatic rings. The lowest BCUT2D eigenvalue weighted by Crippen LogP contribution is -1.97. The van der Waals surface area contributed by atoms with E-state index >= 15 is 0 Å². The number of carbonyl (C=O) groups excluding carboxylic acids is 1. The number of hydrogen-bond donors (Lipinski definition) is 0. The Balaban J connectivity index is 2.66. The first-order valence-corrected chi connectivity index (χ1v) is 5.97. The van der Waals surface area contributed by atoms with Crippen LogP contribution in [-0.2, 0) is 4.79 Å². The van der Waals surface area contributed by atoms with Gasteiger partial charge in [0, 0.05) is 16.3 Å². The van der Waals surface area contributed by atoms with Crippen molar-refractivity contribution in [1.82, 2.24) is 0 Å². The molecule has 0 aliphatic heterocycles. The van der Waals surface area contributed by atoms with E-state index in [1.54, 1.807) is 18.2 Å². The van der Waals surface area contributed by atoms with Crippen LogP contribution < -0.4 is 0 Å². The molecule has 1 aromatic rings. The molecule has 4 heteroatoms. The van der Waals surface area contributed by atoms with E-state index in [1.807, 2.05) is 6.92 Å². The Hall–Kier alpha value is -0.180. The molecule has 0 radical (unpaired) electrons. The van der Waals surface area contributed by atoms with E-state index in [4.69, 9.17) is 23.2 Å². The maximum Gasteiger partial charge on any atom is 0.142 e. The summed E-state index contributed by atoms with van der Waals surface area (Å²) in [6.45, 7) is 1.85. The maximum absolute atomic E-state index is 11.1. The van der Waals surface area contributed by atoms with E-state index in [1.165, 1.54) is 11.8 Å². The van der Waals surface area contributed by atoms with Crippen molar-refractivity contribution in [2.24, 2.45) is 0 Å². The predicted octanol–water partition coefficient (Wildman–Crippen LogP) is 4.06. The van der Waals surface area contributed by atoms with Crippen molar-refractivity contribution in [3.05, 3.63) is 28.2 Å². The van der Waals surface area contributed by atoms with E-state index in [-0.39, 0.29) is 5.78 Å². The zero-order valence-corrected chi connectivity index (χ0v) is 10.0. The zero-order chi connectivity index (χ0) is 10.6. The van der Waals surface area contributed by atoms with Gasteiger partial charge in [-0.1, -0.05) is 30.1 Å². The minimum absolute atomic E-state index is 0.214. The number of benzene rings is 1. The van der Waals surface area contributed by atoms with Crippen molar-refractivity contribution in [3.63, 3.8) is 0 Å². The molecule has 0 unspecified atom stereocenters. The van der Waals surface area contributed by atoms with E-state index in [0.717, 1.165) is 4.90 Å². The van der Waals surface area contributed by atoms with Crippen molar-refractivity contribution < 1.29 is 4.79 Å². The van der Waals surface area contributed by atoms with Crippen LogP contribution in [0.1, 0.15) is 13.3 Å². The Labute approximate surface area is 97.8 Å². The highest BCUT2D eigenvalue weighted by atomic mass is 35.5. The summed E-state index contributed by atoms with van der Waals surface area (Å²) in [5.74, 6) is 0.669. The standard InChI is InChI=1S/C10H10Cl2OS/c1-2-8(13)6-14-10-5-7(11)3-4-9(10)12/h3-5H,2,6H2,1H3. The minimum atomic E-state index is 0.214. The monoisotopic (exact) mass is 248 g/mol. The second-order valence-corrected chi connectivity index (χ2v) is 4.62. The molecule has 0 spiro atoms. The van der Waals surface area contributed by atoms with Crippen molar-refractivity contribution in [2.45, 2.75) is 18.2 Å². The quantitative estimate of drug-likeness (QED) is 0.748. The summed E-state index contributed by atoms with van der Waals surface area (Å²) in [5, 5.41) is 1.28. The molecule has 0 saturated heterocycles. The molecular formula is C10H10Cl2OS. The number of hydrogen-bond acceptors (Lipinski definition) is 2. The summed E-state index contributed by atoms with van der Waals surface area (Å²) in [7, 11) is 0. The van der Waals surface area contributed by atoms with Gasteiger partial charge in [-0.3, -0.25) is 4.79 Å². The number of carbonyl (C=O) groups is 1. The second-order valence-electron chi connectivity index (χ2n) is 2.76. The third-order valence-electron chi connectivity index (χ3n) is 1.68. The first kappa shape index (κ1) is 11.9. The van der Waals surface area contributed by atoms with Crippen molar-refractivity contribution >= 4 is 40.7 Å². The van der Waals surface area contributed by atoms with Gasteiger partial charge in [0.25, 0.3) is 0 Å². The molecule has 1 nitrogen and oxygen atoms in total. The Morgan fingerprint density at radius 2 is 2.14 bits per heavy atom. The first-order chi connectivity index (χ1) is 6.63. The van der Waals surface area contributed by atoms with E-state index < -0.39 is 0 Å². The van der Waals surface area contributed by atoms with Gasteiger partial charge in [0.2, 0.25) is 0 Å². The van der Waals surface area contributed by atoms with Crippen LogP contribution in [0.4, 0.5) is 0 Å². The largest absolute Gasteiger partial charge is 0.299 e. The minimum Gasteiger partial charge on any atom is -0.299 e. The Morgan fingerprint density at radius 1 is 1.43 bits per heavy atom. The van der Waals surface area contributed by atoms with Gasteiger partial charge in [-0.05, 0) is 18.2 Å². The van der Waals surface area contributed by atoms with Crippen LogP contribution in [0.2, 0.25) is 10.0 Å². The van der Waals surface area contributed by atoms with Gasteiger partial charge in [0.15, 0.2) is 0 Å². The highest BCUT2D eigenvalue weighted by Gasteiger charge is 2.04. The number of thioether (sulfide) groups is 1. The number of ketones is 1. The average molecular weight is 249 g/mol.